The monoisotopic (exact) mass is 444 g/mol. The second-order valence-electron chi connectivity index (χ2n) is 7.82. The summed E-state index contributed by atoms with van der Waals surface area (Å²) in [7, 11) is 0. The molecule has 0 unspecified atom stereocenters. The normalized spacial score (nSPS) is 15.3. The van der Waals surface area contributed by atoms with E-state index in [0.717, 1.165) is 16.0 Å². The molecule has 1 heterocycles. The number of anilines is 1. The average Bonchev–Trinajstić information content (AvgIpc) is 2.73. The minimum Gasteiger partial charge on any atom is -0.273 e. The van der Waals surface area contributed by atoms with Crippen LogP contribution >= 0.6 is 11.6 Å². The van der Waals surface area contributed by atoms with Crippen molar-refractivity contribution in [2.75, 3.05) is 4.90 Å². The number of aryl methyl sites for hydroxylation is 2. The maximum absolute atomic E-state index is 13.0. The summed E-state index contributed by atoms with van der Waals surface area (Å²) in [5.41, 5.74) is 5.34. The van der Waals surface area contributed by atoms with E-state index in [1.165, 1.54) is 17.2 Å². The van der Waals surface area contributed by atoms with Crippen LogP contribution in [0.25, 0.3) is 6.08 Å². The number of amides is 4. The molecule has 6 heteroatoms. The Hall–Kier alpha value is -3.70. The zero-order valence-electron chi connectivity index (χ0n) is 17.7. The summed E-state index contributed by atoms with van der Waals surface area (Å²) in [5.74, 6) is -1.41. The van der Waals surface area contributed by atoms with E-state index >= 15 is 0 Å². The Morgan fingerprint density at radius 1 is 0.906 bits per heavy atom. The van der Waals surface area contributed by atoms with Crippen molar-refractivity contribution >= 4 is 41.2 Å². The van der Waals surface area contributed by atoms with E-state index in [-0.39, 0.29) is 5.57 Å². The average molecular weight is 445 g/mol. The standard InChI is InChI=1S/C26H21ClN2O3/c1-16-10-17(2)12-19(11-16)13-20-9-8-18(15-23(20)27)14-22-24(30)28-26(32)29(25(22)31)21-6-4-3-5-7-21/h3-12,14-15H,13H2,1-2H3,(H,28,30,32)/b22-14+. The molecule has 160 valence electrons. The molecule has 0 radical (unpaired) electrons. The first kappa shape index (κ1) is 21.5. The number of benzene rings is 3. The molecule has 5 nitrogen and oxygen atoms in total. The summed E-state index contributed by atoms with van der Waals surface area (Å²) in [4.78, 5) is 38.5. The highest BCUT2D eigenvalue weighted by Crippen LogP contribution is 2.25. The van der Waals surface area contributed by atoms with E-state index < -0.39 is 17.8 Å². The second kappa shape index (κ2) is 8.81. The van der Waals surface area contributed by atoms with E-state index in [0.29, 0.717) is 22.7 Å². The van der Waals surface area contributed by atoms with Gasteiger partial charge in [0.15, 0.2) is 0 Å². The van der Waals surface area contributed by atoms with Gasteiger partial charge < -0.3 is 0 Å². The van der Waals surface area contributed by atoms with Gasteiger partial charge in [-0.15, -0.1) is 0 Å². The largest absolute Gasteiger partial charge is 0.335 e. The van der Waals surface area contributed by atoms with Gasteiger partial charge in [-0.1, -0.05) is 71.3 Å². The number of para-hydroxylation sites is 1. The lowest BCUT2D eigenvalue weighted by Gasteiger charge is -2.26. The van der Waals surface area contributed by atoms with Gasteiger partial charge in [-0.25, -0.2) is 9.69 Å². The van der Waals surface area contributed by atoms with Gasteiger partial charge in [0.1, 0.15) is 5.57 Å². The molecule has 1 fully saturated rings. The SMILES string of the molecule is Cc1cc(C)cc(Cc2ccc(/C=C3\C(=O)NC(=O)N(c4ccccc4)C3=O)cc2Cl)c1. The number of hydrogen-bond donors (Lipinski definition) is 1. The van der Waals surface area contributed by atoms with Gasteiger partial charge >= 0.3 is 6.03 Å². The number of urea groups is 1. The van der Waals surface area contributed by atoms with Crippen LogP contribution in [0.2, 0.25) is 5.02 Å². The highest BCUT2D eigenvalue weighted by molar-refractivity contribution is 6.39. The number of barbiturate groups is 1. The molecule has 1 N–H and O–H groups in total. The van der Waals surface area contributed by atoms with Crippen LogP contribution in [-0.4, -0.2) is 17.8 Å². The first-order chi connectivity index (χ1) is 15.3. The van der Waals surface area contributed by atoms with Gasteiger partial charge in [-0.05, 0) is 61.2 Å². The molecular weight excluding hydrogens is 424 g/mol. The molecule has 0 aromatic heterocycles. The minimum absolute atomic E-state index is 0.133. The van der Waals surface area contributed by atoms with Gasteiger partial charge in [0.05, 0.1) is 5.69 Å². The quantitative estimate of drug-likeness (QED) is 0.443. The van der Waals surface area contributed by atoms with E-state index in [1.807, 2.05) is 6.07 Å². The third kappa shape index (κ3) is 4.48. The van der Waals surface area contributed by atoms with E-state index in [1.54, 1.807) is 42.5 Å². The van der Waals surface area contributed by atoms with Gasteiger partial charge in [0.2, 0.25) is 0 Å². The Morgan fingerprint density at radius 3 is 2.25 bits per heavy atom. The number of nitrogens with zero attached hydrogens (tertiary/aromatic N) is 1. The molecule has 0 saturated carbocycles. The molecule has 32 heavy (non-hydrogen) atoms. The predicted molar refractivity (Wildman–Crippen MR) is 126 cm³/mol. The molecule has 1 aliphatic rings. The molecule has 3 aromatic rings. The van der Waals surface area contributed by atoms with Gasteiger partial charge in [0.25, 0.3) is 11.8 Å². The summed E-state index contributed by atoms with van der Waals surface area (Å²) < 4.78 is 0. The number of halogens is 1. The fraction of sp³-hybridized carbons (Fsp3) is 0.115. The Kier molecular flexibility index (Phi) is 5.93. The molecule has 1 saturated heterocycles. The van der Waals surface area contributed by atoms with Crippen molar-refractivity contribution in [3.05, 3.63) is 105 Å². The summed E-state index contributed by atoms with van der Waals surface area (Å²) in [6.45, 7) is 4.12. The van der Waals surface area contributed by atoms with Crippen LogP contribution in [-0.2, 0) is 16.0 Å². The van der Waals surface area contributed by atoms with Crippen LogP contribution < -0.4 is 10.2 Å². The second-order valence-corrected chi connectivity index (χ2v) is 8.22. The smallest absolute Gasteiger partial charge is 0.273 e. The van der Waals surface area contributed by atoms with Gasteiger partial charge in [0, 0.05) is 5.02 Å². The molecule has 0 atom stereocenters. The molecule has 0 aliphatic carbocycles. The van der Waals surface area contributed by atoms with Gasteiger partial charge in [-0.3, -0.25) is 14.9 Å². The lowest BCUT2D eigenvalue weighted by molar-refractivity contribution is -0.122. The maximum atomic E-state index is 13.0. The molecule has 0 spiro atoms. The molecular formula is C26H21ClN2O3. The number of carbonyl (C=O) groups excluding carboxylic acids is 3. The van der Waals surface area contributed by atoms with Crippen molar-refractivity contribution in [3.63, 3.8) is 0 Å². The maximum Gasteiger partial charge on any atom is 0.335 e. The van der Waals surface area contributed by atoms with E-state index in [4.69, 9.17) is 11.6 Å². The van der Waals surface area contributed by atoms with Crippen LogP contribution in [0.1, 0.15) is 27.8 Å². The first-order valence-electron chi connectivity index (χ1n) is 10.1. The van der Waals surface area contributed by atoms with Crippen molar-refractivity contribution in [1.29, 1.82) is 0 Å². The summed E-state index contributed by atoms with van der Waals surface area (Å²) in [6, 6.07) is 19.5. The fourth-order valence-electron chi connectivity index (χ4n) is 3.82. The number of nitrogens with one attached hydrogen (secondary N) is 1. The topological polar surface area (TPSA) is 66.5 Å². The highest BCUT2D eigenvalue weighted by Gasteiger charge is 2.36. The Bertz CT molecular complexity index is 1250. The van der Waals surface area contributed by atoms with Crippen molar-refractivity contribution in [2.24, 2.45) is 0 Å². The number of hydrogen-bond acceptors (Lipinski definition) is 3. The van der Waals surface area contributed by atoms with Crippen molar-refractivity contribution in [2.45, 2.75) is 20.3 Å². The number of carbonyl (C=O) groups is 3. The van der Waals surface area contributed by atoms with Crippen LogP contribution in [0, 0.1) is 13.8 Å². The van der Waals surface area contributed by atoms with Crippen molar-refractivity contribution < 1.29 is 14.4 Å². The summed E-state index contributed by atoms with van der Waals surface area (Å²) in [5, 5.41) is 2.76. The zero-order valence-corrected chi connectivity index (χ0v) is 18.4. The Labute approximate surface area is 191 Å². The van der Waals surface area contributed by atoms with Crippen LogP contribution in [0.4, 0.5) is 10.5 Å². The third-order valence-corrected chi connectivity index (χ3v) is 5.53. The molecule has 3 aromatic carbocycles. The van der Waals surface area contributed by atoms with Crippen LogP contribution in [0.15, 0.2) is 72.3 Å². The molecule has 1 aliphatic heterocycles. The van der Waals surface area contributed by atoms with Crippen LogP contribution in [0.5, 0.6) is 0 Å². The predicted octanol–water partition coefficient (Wildman–Crippen LogP) is 5.21. The number of imide groups is 2. The summed E-state index contributed by atoms with van der Waals surface area (Å²) >= 11 is 6.52. The third-order valence-electron chi connectivity index (χ3n) is 5.18. The van der Waals surface area contributed by atoms with Crippen LogP contribution in [0.3, 0.4) is 0 Å². The minimum atomic E-state index is -0.773. The zero-order chi connectivity index (χ0) is 22.8. The lowest BCUT2D eigenvalue weighted by atomic mass is 9.99. The van der Waals surface area contributed by atoms with Gasteiger partial charge in [-0.2, -0.15) is 0 Å². The first-order valence-corrected chi connectivity index (χ1v) is 10.5. The summed E-state index contributed by atoms with van der Waals surface area (Å²) in [6.07, 6.45) is 2.13. The highest BCUT2D eigenvalue weighted by atomic mass is 35.5. The van der Waals surface area contributed by atoms with Crippen molar-refractivity contribution in [3.8, 4) is 0 Å². The number of rotatable bonds is 4. The molecule has 4 rings (SSSR count). The molecule has 0 bridgehead atoms. The lowest BCUT2D eigenvalue weighted by Crippen LogP contribution is -2.54. The van der Waals surface area contributed by atoms with E-state index in [9.17, 15) is 14.4 Å². The Balaban J connectivity index is 1.62. The van der Waals surface area contributed by atoms with Crippen molar-refractivity contribution in [1.82, 2.24) is 5.32 Å². The van der Waals surface area contributed by atoms with E-state index in [2.05, 4.69) is 37.4 Å². The Morgan fingerprint density at radius 2 is 1.59 bits per heavy atom. The fourth-order valence-corrected chi connectivity index (χ4v) is 4.08. The molecule has 4 amide bonds.